The highest BCUT2D eigenvalue weighted by Crippen LogP contribution is 2.34. The van der Waals surface area contributed by atoms with Gasteiger partial charge in [-0.15, -0.1) is 4.91 Å². The molecule has 0 aromatic rings. The molecule has 0 saturated heterocycles. The van der Waals surface area contributed by atoms with E-state index in [0.717, 1.165) is 50.5 Å². The third kappa shape index (κ3) is 11.6. The lowest BCUT2D eigenvalue weighted by atomic mass is 9.88. The van der Waals surface area contributed by atoms with Crippen LogP contribution in [0.4, 0.5) is 0 Å². The largest absolute Gasteiger partial charge is 0.464 e. The zero-order valence-corrected chi connectivity index (χ0v) is 20.6. The molecule has 1 aliphatic rings. The number of aliphatic hydroxyl groups is 2. The summed E-state index contributed by atoms with van der Waals surface area (Å²) in [7, 11) is 0. The van der Waals surface area contributed by atoms with E-state index in [0.29, 0.717) is 25.7 Å². The number of carbonyl (C=O) groups is 2. The van der Waals surface area contributed by atoms with Gasteiger partial charge in [-0.1, -0.05) is 57.6 Å². The number of carbonyl (C=O) groups excluding carboxylic acids is 2. The van der Waals surface area contributed by atoms with Crippen molar-refractivity contribution in [3.8, 4) is 0 Å². The number of unbranched alkanes of at least 4 members (excludes halogenated alkanes) is 5. The highest BCUT2D eigenvalue weighted by molar-refractivity contribution is 7.99. The fraction of sp³-hybridized carbons (Fsp3) is 0.833. The summed E-state index contributed by atoms with van der Waals surface area (Å²) < 4.78 is 7.47. The molecule has 0 radical (unpaired) electrons. The quantitative estimate of drug-likeness (QED) is 0.0994. The average Bonchev–Trinajstić information content (AvgIpc) is 3.00. The fourth-order valence-electron chi connectivity index (χ4n) is 3.99. The number of nitroso groups, excluding NO2 is 1. The Morgan fingerprint density at radius 2 is 1.97 bits per heavy atom. The van der Waals surface area contributed by atoms with Crippen LogP contribution in [-0.4, -0.2) is 45.5 Å². The second-order valence-electron chi connectivity index (χ2n) is 9.41. The standard InChI is InChI=1S/C24H41NO6S/c1-4-5-8-11-18(26)14-15-20-19(21(27)16-22(20)28)12-9-6-7-10-13-23(29)31-17-24(2,3)32-25-30/h14-15,18-20,22,26,28H,4-13,16-17H2,1-3H3/b15-14+/t18-,19+,20-,22+/m0/s1. The number of ketones is 1. The van der Waals surface area contributed by atoms with Crippen LogP contribution in [0.25, 0.3) is 0 Å². The van der Waals surface area contributed by atoms with Gasteiger partial charge in [0.2, 0.25) is 0 Å². The number of ether oxygens (including phenoxy) is 1. The lowest BCUT2D eigenvalue weighted by Crippen LogP contribution is -2.24. The third-order valence-electron chi connectivity index (χ3n) is 5.90. The van der Waals surface area contributed by atoms with E-state index in [9.17, 15) is 24.7 Å². The molecule has 0 aromatic carbocycles. The van der Waals surface area contributed by atoms with Crippen LogP contribution in [0.15, 0.2) is 16.7 Å². The molecular weight excluding hydrogens is 430 g/mol. The molecule has 184 valence electrons. The molecule has 1 rings (SSSR count). The Hall–Kier alpha value is -1.25. The molecule has 0 aliphatic heterocycles. The summed E-state index contributed by atoms with van der Waals surface area (Å²) in [5.74, 6) is -0.594. The lowest BCUT2D eigenvalue weighted by Gasteiger charge is -2.19. The summed E-state index contributed by atoms with van der Waals surface area (Å²) >= 11 is 0.860. The first kappa shape index (κ1) is 28.8. The first-order valence-electron chi connectivity index (χ1n) is 11.9. The topological polar surface area (TPSA) is 113 Å². The lowest BCUT2D eigenvalue weighted by molar-refractivity contribution is -0.144. The van der Waals surface area contributed by atoms with Gasteiger partial charge in [-0.25, -0.2) is 0 Å². The normalized spacial score (nSPS) is 22.4. The predicted molar refractivity (Wildman–Crippen MR) is 128 cm³/mol. The van der Waals surface area contributed by atoms with E-state index < -0.39 is 17.0 Å². The van der Waals surface area contributed by atoms with Gasteiger partial charge < -0.3 is 14.9 Å². The first-order chi connectivity index (χ1) is 15.2. The van der Waals surface area contributed by atoms with Crippen LogP contribution >= 0.6 is 11.9 Å². The molecule has 2 N–H and O–H groups in total. The van der Waals surface area contributed by atoms with E-state index in [-0.39, 0.29) is 36.6 Å². The minimum absolute atomic E-state index is 0.0986. The van der Waals surface area contributed by atoms with Gasteiger partial charge in [0.05, 0.1) is 17.0 Å². The Morgan fingerprint density at radius 3 is 2.66 bits per heavy atom. The summed E-state index contributed by atoms with van der Waals surface area (Å²) in [4.78, 5) is 34.5. The minimum atomic E-state index is -0.668. The number of aliphatic hydroxyl groups excluding tert-OH is 2. The molecule has 0 bridgehead atoms. The molecule has 0 amide bonds. The Morgan fingerprint density at radius 1 is 1.25 bits per heavy atom. The number of hydrogen-bond acceptors (Lipinski definition) is 8. The number of rotatable bonds is 17. The van der Waals surface area contributed by atoms with E-state index in [1.54, 1.807) is 19.9 Å². The summed E-state index contributed by atoms with van der Waals surface area (Å²) in [5, 5.41) is 20.4. The molecule has 8 heteroatoms. The molecule has 1 aliphatic carbocycles. The van der Waals surface area contributed by atoms with Gasteiger partial charge in [0, 0.05) is 41.2 Å². The molecule has 0 spiro atoms. The van der Waals surface area contributed by atoms with Crippen LogP contribution in [-0.2, 0) is 14.3 Å². The van der Waals surface area contributed by atoms with Gasteiger partial charge in [-0.2, -0.15) is 0 Å². The highest BCUT2D eigenvalue weighted by Gasteiger charge is 2.39. The molecule has 1 saturated carbocycles. The predicted octanol–water partition coefficient (Wildman–Crippen LogP) is 5.13. The molecule has 1 fully saturated rings. The maximum absolute atomic E-state index is 12.3. The second-order valence-corrected chi connectivity index (χ2v) is 10.8. The van der Waals surface area contributed by atoms with Crippen LogP contribution in [0.3, 0.4) is 0 Å². The number of Topliss-reactive ketones (excluding diaryl/α,β-unsaturated/α-hetero) is 1. The Balaban J connectivity index is 2.29. The Kier molecular flexibility index (Phi) is 14.0. The molecule has 0 unspecified atom stereocenters. The van der Waals surface area contributed by atoms with E-state index >= 15 is 0 Å². The van der Waals surface area contributed by atoms with Gasteiger partial charge in [-0.05, 0) is 33.1 Å². The van der Waals surface area contributed by atoms with Crippen molar-refractivity contribution in [2.24, 2.45) is 16.4 Å². The maximum atomic E-state index is 12.3. The van der Waals surface area contributed by atoms with Crippen molar-refractivity contribution in [2.45, 2.75) is 108 Å². The highest BCUT2D eigenvalue weighted by atomic mass is 32.2. The van der Waals surface area contributed by atoms with Gasteiger partial charge in [-0.3, -0.25) is 9.59 Å². The van der Waals surface area contributed by atoms with Crippen LogP contribution < -0.4 is 0 Å². The number of nitrogens with zero attached hydrogens (tertiary/aromatic N) is 1. The summed E-state index contributed by atoms with van der Waals surface area (Å²) in [5.41, 5.74) is 0. The van der Waals surface area contributed by atoms with Crippen molar-refractivity contribution in [1.29, 1.82) is 0 Å². The van der Waals surface area contributed by atoms with Crippen molar-refractivity contribution in [3.63, 3.8) is 0 Å². The number of esters is 1. The average molecular weight is 472 g/mol. The van der Waals surface area contributed by atoms with Crippen molar-refractivity contribution in [1.82, 2.24) is 0 Å². The summed E-state index contributed by atoms with van der Waals surface area (Å²) in [6.07, 6.45) is 10.8. The van der Waals surface area contributed by atoms with Crippen molar-refractivity contribution < 1.29 is 24.5 Å². The maximum Gasteiger partial charge on any atom is 0.305 e. The van der Waals surface area contributed by atoms with Crippen LogP contribution in [0, 0.1) is 16.7 Å². The summed E-state index contributed by atoms with van der Waals surface area (Å²) in [6.45, 7) is 5.86. The van der Waals surface area contributed by atoms with Crippen LogP contribution in [0.5, 0.6) is 0 Å². The van der Waals surface area contributed by atoms with Crippen LogP contribution in [0.1, 0.15) is 91.4 Å². The minimum Gasteiger partial charge on any atom is -0.464 e. The van der Waals surface area contributed by atoms with E-state index in [1.165, 1.54) is 0 Å². The van der Waals surface area contributed by atoms with Crippen molar-refractivity contribution in [3.05, 3.63) is 17.1 Å². The van der Waals surface area contributed by atoms with Gasteiger partial charge in [0.15, 0.2) is 0 Å². The smallest absolute Gasteiger partial charge is 0.305 e. The third-order valence-corrected chi connectivity index (χ3v) is 6.59. The van der Waals surface area contributed by atoms with E-state index in [2.05, 4.69) is 11.5 Å². The monoisotopic (exact) mass is 471 g/mol. The molecule has 7 nitrogen and oxygen atoms in total. The molecule has 32 heavy (non-hydrogen) atoms. The Bertz CT molecular complexity index is 609. The molecular formula is C24H41NO6S. The second kappa shape index (κ2) is 15.6. The first-order valence-corrected chi connectivity index (χ1v) is 12.7. The van der Waals surface area contributed by atoms with Crippen LogP contribution in [0.2, 0.25) is 0 Å². The van der Waals surface area contributed by atoms with Gasteiger partial charge >= 0.3 is 5.97 Å². The SMILES string of the molecule is CCCCC[C@H](O)/C=C/[C@@H]1[C@H](O)CC(=O)[C@@H]1CCCCCCC(=O)OCC(C)(C)SN=O. The zero-order valence-electron chi connectivity index (χ0n) is 19.8. The van der Waals surface area contributed by atoms with Gasteiger partial charge in [0.1, 0.15) is 12.4 Å². The van der Waals surface area contributed by atoms with Crippen molar-refractivity contribution in [2.75, 3.05) is 6.61 Å². The molecule has 0 heterocycles. The zero-order chi connectivity index (χ0) is 24.0. The van der Waals surface area contributed by atoms with E-state index in [1.807, 2.05) is 6.08 Å². The molecule has 0 aromatic heterocycles. The Labute approximate surface area is 196 Å². The fourth-order valence-corrected chi connectivity index (χ4v) is 4.30. The van der Waals surface area contributed by atoms with Gasteiger partial charge in [0.25, 0.3) is 0 Å². The summed E-state index contributed by atoms with van der Waals surface area (Å²) in [6, 6.07) is 0. The number of hydrogen-bond donors (Lipinski definition) is 2. The molecule has 4 atom stereocenters. The van der Waals surface area contributed by atoms with E-state index in [4.69, 9.17) is 4.74 Å². The van der Waals surface area contributed by atoms with Crippen molar-refractivity contribution >= 4 is 23.7 Å².